The van der Waals surface area contributed by atoms with Gasteiger partial charge >= 0.3 is 0 Å². The Labute approximate surface area is 102 Å². The molecule has 0 amide bonds. The fourth-order valence-electron chi connectivity index (χ4n) is 1.41. The zero-order valence-electron chi connectivity index (χ0n) is 8.75. The van der Waals surface area contributed by atoms with Gasteiger partial charge < -0.3 is 0 Å². The normalized spacial score (nSPS) is 12.3. The molecule has 15 heavy (non-hydrogen) atoms. The van der Waals surface area contributed by atoms with Crippen LogP contribution >= 0.6 is 27.5 Å². The van der Waals surface area contributed by atoms with Crippen molar-refractivity contribution in [3.63, 3.8) is 0 Å². The van der Waals surface area contributed by atoms with Crippen LogP contribution in [0.2, 0.25) is 5.02 Å². The van der Waals surface area contributed by atoms with Crippen LogP contribution < -0.4 is 0 Å². The van der Waals surface area contributed by atoms with Crippen LogP contribution in [0.3, 0.4) is 0 Å². The number of rotatable bonds is 0. The van der Waals surface area contributed by atoms with E-state index in [2.05, 4.69) is 46.8 Å². The summed E-state index contributed by atoms with van der Waals surface area (Å²) in [4.78, 5) is 4.31. The Hall–Kier alpha value is -0.610. The lowest BCUT2D eigenvalue weighted by Crippen LogP contribution is -2.23. The molecule has 0 aromatic carbocycles. The van der Waals surface area contributed by atoms with E-state index in [-0.39, 0.29) is 5.54 Å². The number of nitrogens with zero attached hydrogens (tertiary/aromatic N) is 3. The number of pyridine rings is 1. The van der Waals surface area contributed by atoms with Crippen molar-refractivity contribution in [3.05, 3.63) is 21.9 Å². The minimum absolute atomic E-state index is 0.0922. The van der Waals surface area contributed by atoms with Gasteiger partial charge in [0.05, 0.1) is 15.9 Å². The van der Waals surface area contributed by atoms with Crippen LogP contribution in [-0.2, 0) is 5.54 Å². The molecule has 0 N–H and O–H groups in total. The van der Waals surface area contributed by atoms with Crippen molar-refractivity contribution in [2.24, 2.45) is 0 Å². The van der Waals surface area contributed by atoms with Crippen LogP contribution in [0.4, 0.5) is 0 Å². The lowest BCUT2D eigenvalue weighted by Gasteiger charge is -2.19. The molecule has 2 heterocycles. The zero-order valence-corrected chi connectivity index (χ0v) is 11.1. The number of hydrogen-bond donors (Lipinski definition) is 0. The van der Waals surface area contributed by atoms with Gasteiger partial charge in [0.1, 0.15) is 4.60 Å². The third-order valence-corrected chi connectivity index (χ3v) is 2.87. The van der Waals surface area contributed by atoms with Gasteiger partial charge in [-0.2, -0.15) is 5.10 Å². The van der Waals surface area contributed by atoms with E-state index in [1.807, 2.05) is 10.7 Å². The SMILES string of the molecule is CC(C)(C)n1nc(Br)c2cc(Cl)cnc21. The quantitative estimate of drug-likeness (QED) is 0.741. The van der Waals surface area contributed by atoms with Crippen LogP contribution in [0.15, 0.2) is 16.9 Å². The first kappa shape index (κ1) is 10.9. The average molecular weight is 289 g/mol. The molecule has 0 aliphatic heterocycles. The van der Waals surface area contributed by atoms with Gasteiger partial charge in [-0.25, -0.2) is 9.67 Å². The van der Waals surface area contributed by atoms with Crippen LogP contribution in [0.25, 0.3) is 11.0 Å². The lowest BCUT2D eigenvalue weighted by atomic mass is 10.1. The maximum atomic E-state index is 5.89. The molecule has 3 nitrogen and oxygen atoms in total. The largest absolute Gasteiger partial charge is 0.241 e. The molecular weight excluding hydrogens is 277 g/mol. The van der Waals surface area contributed by atoms with Crippen molar-refractivity contribution in [3.8, 4) is 0 Å². The van der Waals surface area contributed by atoms with Gasteiger partial charge in [0.25, 0.3) is 0 Å². The fourth-order valence-corrected chi connectivity index (χ4v) is 2.02. The summed E-state index contributed by atoms with van der Waals surface area (Å²) in [6.45, 7) is 6.26. The second-order valence-corrected chi connectivity index (χ2v) is 5.59. The van der Waals surface area contributed by atoms with Gasteiger partial charge in [0, 0.05) is 6.20 Å². The molecule has 2 aromatic heterocycles. The summed E-state index contributed by atoms with van der Waals surface area (Å²) in [5, 5.41) is 5.98. The van der Waals surface area contributed by atoms with Gasteiger partial charge in [0.2, 0.25) is 0 Å². The summed E-state index contributed by atoms with van der Waals surface area (Å²) in [6.07, 6.45) is 1.64. The zero-order chi connectivity index (χ0) is 11.2. The van der Waals surface area contributed by atoms with Crippen molar-refractivity contribution in [2.45, 2.75) is 26.3 Å². The maximum Gasteiger partial charge on any atom is 0.159 e. The topological polar surface area (TPSA) is 30.7 Å². The molecule has 5 heteroatoms. The lowest BCUT2D eigenvalue weighted by molar-refractivity contribution is 0.364. The first-order valence-corrected chi connectivity index (χ1v) is 5.77. The first-order chi connectivity index (χ1) is 6.89. The smallest absolute Gasteiger partial charge is 0.159 e. The Morgan fingerprint density at radius 2 is 2.07 bits per heavy atom. The number of aromatic nitrogens is 3. The summed E-state index contributed by atoms with van der Waals surface area (Å²) in [5.41, 5.74) is 0.754. The highest BCUT2D eigenvalue weighted by Crippen LogP contribution is 2.28. The van der Waals surface area contributed by atoms with Crippen molar-refractivity contribution in [1.82, 2.24) is 14.8 Å². The van der Waals surface area contributed by atoms with E-state index in [9.17, 15) is 0 Å². The summed E-state index contributed by atoms with van der Waals surface area (Å²) < 4.78 is 2.67. The Kier molecular flexibility index (Phi) is 2.51. The average Bonchev–Trinajstić information content (AvgIpc) is 2.43. The predicted octanol–water partition coefficient (Wildman–Crippen LogP) is 3.60. The van der Waals surface area contributed by atoms with Crippen LogP contribution in [-0.4, -0.2) is 14.8 Å². The second kappa shape index (κ2) is 3.46. The molecule has 0 atom stereocenters. The van der Waals surface area contributed by atoms with E-state index < -0.39 is 0 Å². The third kappa shape index (κ3) is 1.88. The van der Waals surface area contributed by atoms with E-state index in [0.29, 0.717) is 5.02 Å². The summed E-state index contributed by atoms with van der Waals surface area (Å²) >= 11 is 9.31. The first-order valence-electron chi connectivity index (χ1n) is 4.60. The monoisotopic (exact) mass is 287 g/mol. The Balaban J connectivity index is 2.79. The fraction of sp³-hybridized carbons (Fsp3) is 0.400. The summed E-state index contributed by atoms with van der Waals surface area (Å²) in [7, 11) is 0. The Bertz CT molecular complexity index is 513. The number of halogens is 2. The van der Waals surface area contributed by atoms with Gasteiger partial charge in [0.15, 0.2) is 5.65 Å². The number of fused-ring (bicyclic) bond motifs is 1. The highest BCUT2D eigenvalue weighted by molar-refractivity contribution is 9.10. The van der Waals surface area contributed by atoms with Crippen molar-refractivity contribution in [1.29, 1.82) is 0 Å². The molecule has 2 rings (SSSR count). The van der Waals surface area contributed by atoms with Crippen LogP contribution in [0, 0.1) is 0 Å². The molecule has 0 saturated carbocycles. The maximum absolute atomic E-state index is 5.89. The van der Waals surface area contributed by atoms with Gasteiger partial charge in [-0.15, -0.1) is 0 Å². The number of hydrogen-bond acceptors (Lipinski definition) is 2. The van der Waals surface area contributed by atoms with Gasteiger partial charge in [-0.1, -0.05) is 11.6 Å². The van der Waals surface area contributed by atoms with Crippen molar-refractivity contribution < 1.29 is 0 Å². The van der Waals surface area contributed by atoms with Crippen LogP contribution in [0.1, 0.15) is 20.8 Å². The highest BCUT2D eigenvalue weighted by Gasteiger charge is 2.20. The second-order valence-electron chi connectivity index (χ2n) is 4.40. The molecule has 0 radical (unpaired) electrons. The molecule has 0 aliphatic rings. The van der Waals surface area contributed by atoms with Gasteiger partial charge in [-0.3, -0.25) is 0 Å². The van der Waals surface area contributed by atoms with E-state index in [1.54, 1.807) is 6.20 Å². The molecule has 0 aliphatic carbocycles. The molecule has 0 saturated heterocycles. The minimum atomic E-state index is -0.0922. The highest BCUT2D eigenvalue weighted by atomic mass is 79.9. The van der Waals surface area contributed by atoms with E-state index in [4.69, 9.17) is 11.6 Å². The van der Waals surface area contributed by atoms with Gasteiger partial charge in [-0.05, 0) is 42.8 Å². The summed E-state index contributed by atoms with van der Waals surface area (Å²) in [6, 6.07) is 1.86. The van der Waals surface area contributed by atoms with E-state index in [1.165, 1.54) is 0 Å². The van der Waals surface area contributed by atoms with Crippen molar-refractivity contribution >= 4 is 38.6 Å². The third-order valence-electron chi connectivity index (χ3n) is 2.08. The molecule has 80 valence electrons. The Morgan fingerprint density at radius 3 is 2.67 bits per heavy atom. The molecule has 0 spiro atoms. The minimum Gasteiger partial charge on any atom is -0.241 e. The summed E-state index contributed by atoms with van der Waals surface area (Å²) in [5.74, 6) is 0. The van der Waals surface area contributed by atoms with Crippen molar-refractivity contribution in [2.75, 3.05) is 0 Å². The molecular formula is C10H11BrClN3. The van der Waals surface area contributed by atoms with E-state index >= 15 is 0 Å². The molecule has 2 aromatic rings. The molecule has 0 bridgehead atoms. The predicted molar refractivity (Wildman–Crippen MR) is 65.2 cm³/mol. The van der Waals surface area contributed by atoms with E-state index in [0.717, 1.165) is 15.6 Å². The van der Waals surface area contributed by atoms with Crippen LogP contribution in [0.5, 0.6) is 0 Å². The Morgan fingerprint density at radius 1 is 1.40 bits per heavy atom. The molecule has 0 fully saturated rings. The molecule has 0 unspecified atom stereocenters. The standard InChI is InChI=1S/C10H11BrClN3/c1-10(2,3)15-9-7(8(11)14-15)4-6(12)5-13-9/h4-5H,1-3H3.